The van der Waals surface area contributed by atoms with E-state index < -0.39 is 0 Å². The van der Waals surface area contributed by atoms with E-state index >= 15 is 0 Å². The third-order valence-electron chi connectivity index (χ3n) is 1.78. The maximum absolute atomic E-state index is 9.42. The van der Waals surface area contributed by atoms with Crippen molar-refractivity contribution in [1.82, 2.24) is 4.98 Å². The van der Waals surface area contributed by atoms with E-state index in [1.165, 1.54) is 6.20 Å². The van der Waals surface area contributed by atoms with Crippen molar-refractivity contribution in [3.05, 3.63) is 34.6 Å². The number of hydrogen-bond donors (Lipinski definition) is 1. The van der Waals surface area contributed by atoms with Gasteiger partial charge in [0.15, 0.2) is 0 Å². The Kier molecular flexibility index (Phi) is 2.02. The molecule has 0 spiro atoms. The molecule has 2 aromatic rings. The van der Waals surface area contributed by atoms with Gasteiger partial charge < -0.3 is 5.11 Å². The first-order chi connectivity index (χ1) is 6.18. The van der Waals surface area contributed by atoms with Crippen LogP contribution in [0.4, 0.5) is 0 Å². The van der Waals surface area contributed by atoms with Crippen LogP contribution in [0.15, 0.2) is 24.5 Å². The van der Waals surface area contributed by atoms with Crippen molar-refractivity contribution in [3.63, 3.8) is 0 Å². The molecule has 0 saturated carbocycles. The highest BCUT2D eigenvalue weighted by molar-refractivity contribution is 6.42. The molecule has 0 aliphatic carbocycles. The first-order valence-corrected chi connectivity index (χ1v) is 4.36. The number of pyridine rings is 1. The van der Waals surface area contributed by atoms with Crippen molar-refractivity contribution >= 4 is 34.0 Å². The van der Waals surface area contributed by atoms with Crippen LogP contribution in [-0.2, 0) is 0 Å². The molecule has 0 amide bonds. The maximum Gasteiger partial charge on any atom is 0.141 e. The summed E-state index contributed by atoms with van der Waals surface area (Å²) in [5, 5.41) is 11.7. The molecule has 1 N–H and O–H groups in total. The highest BCUT2D eigenvalue weighted by Crippen LogP contribution is 2.31. The molecular formula is C9H5Cl2NO. The molecule has 0 radical (unpaired) electrons. The molecule has 0 aliphatic rings. The van der Waals surface area contributed by atoms with Crippen molar-refractivity contribution in [2.45, 2.75) is 0 Å². The molecule has 2 nitrogen and oxygen atoms in total. The first-order valence-electron chi connectivity index (χ1n) is 3.60. The molecular weight excluding hydrogens is 209 g/mol. The summed E-state index contributed by atoms with van der Waals surface area (Å²) in [6.45, 7) is 0. The van der Waals surface area contributed by atoms with E-state index in [0.717, 1.165) is 5.39 Å². The lowest BCUT2D eigenvalue weighted by Gasteiger charge is -2.01. The Bertz CT molecular complexity index is 470. The van der Waals surface area contributed by atoms with Gasteiger partial charge >= 0.3 is 0 Å². The molecule has 66 valence electrons. The number of nitrogens with zero attached hydrogens (tertiary/aromatic N) is 1. The molecule has 13 heavy (non-hydrogen) atoms. The molecule has 0 aliphatic heterocycles. The topological polar surface area (TPSA) is 33.1 Å². The van der Waals surface area contributed by atoms with Crippen LogP contribution in [0.1, 0.15) is 0 Å². The maximum atomic E-state index is 9.42. The average molecular weight is 214 g/mol. The zero-order valence-corrected chi connectivity index (χ0v) is 7.97. The lowest BCUT2D eigenvalue weighted by Crippen LogP contribution is -1.78. The summed E-state index contributed by atoms with van der Waals surface area (Å²) < 4.78 is 0. The quantitative estimate of drug-likeness (QED) is 0.730. The van der Waals surface area contributed by atoms with E-state index in [1.807, 2.05) is 0 Å². The third-order valence-corrected chi connectivity index (χ3v) is 2.50. The van der Waals surface area contributed by atoms with Gasteiger partial charge in [0.05, 0.1) is 16.2 Å². The Balaban J connectivity index is 2.89. The van der Waals surface area contributed by atoms with Crippen molar-refractivity contribution in [2.75, 3.05) is 0 Å². The first kappa shape index (κ1) is 8.60. The van der Waals surface area contributed by atoms with Crippen LogP contribution < -0.4 is 0 Å². The summed E-state index contributed by atoms with van der Waals surface area (Å²) in [5.74, 6) is 0.107. The number of aromatic nitrogens is 1. The van der Waals surface area contributed by atoms with Crippen LogP contribution >= 0.6 is 23.2 Å². The standard InChI is InChI=1S/C9H5Cl2NO/c10-7-1-5-3-12-4-9(13)6(5)2-8(7)11/h1-4,13H. The zero-order valence-electron chi connectivity index (χ0n) is 6.46. The fraction of sp³-hybridized carbons (Fsp3) is 0. The van der Waals surface area contributed by atoms with Crippen LogP contribution in [0, 0.1) is 0 Å². The molecule has 0 fully saturated rings. The van der Waals surface area contributed by atoms with Crippen LogP contribution in [0.25, 0.3) is 10.8 Å². The van der Waals surface area contributed by atoms with Gasteiger partial charge in [-0.2, -0.15) is 0 Å². The summed E-state index contributed by atoms with van der Waals surface area (Å²) in [5.41, 5.74) is 0. The highest BCUT2D eigenvalue weighted by atomic mass is 35.5. The predicted octanol–water partition coefficient (Wildman–Crippen LogP) is 3.25. The van der Waals surface area contributed by atoms with E-state index in [-0.39, 0.29) is 5.75 Å². The Morgan fingerprint density at radius 3 is 2.54 bits per heavy atom. The minimum absolute atomic E-state index is 0.107. The lowest BCUT2D eigenvalue weighted by molar-refractivity contribution is 0.479. The van der Waals surface area contributed by atoms with Gasteiger partial charge in [-0.1, -0.05) is 23.2 Å². The van der Waals surface area contributed by atoms with E-state index in [4.69, 9.17) is 23.2 Å². The van der Waals surface area contributed by atoms with Crippen molar-refractivity contribution < 1.29 is 5.11 Å². The summed E-state index contributed by atoms with van der Waals surface area (Å²) in [6, 6.07) is 3.29. The zero-order chi connectivity index (χ0) is 9.42. The molecule has 1 aromatic carbocycles. The summed E-state index contributed by atoms with van der Waals surface area (Å²) in [6.07, 6.45) is 2.99. The van der Waals surface area contributed by atoms with Gasteiger partial charge in [0.1, 0.15) is 5.75 Å². The van der Waals surface area contributed by atoms with Crippen molar-refractivity contribution in [1.29, 1.82) is 0 Å². The second-order valence-corrected chi connectivity index (χ2v) is 3.46. The molecule has 0 saturated heterocycles. The number of benzene rings is 1. The fourth-order valence-electron chi connectivity index (χ4n) is 1.15. The van der Waals surface area contributed by atoms with E-state index in [2.05, 4.69) is 4.98 Å². The van der Waals surface area contributed by atoms with Gasteiger partial charge in [0.25, 0.3) is 0 Å². The Morgan fingerprint density at radius 2 is 1.77 bits per heavy atom. The van der Waals surface area contributed by atoms with Gasteiger partial charge in [0, 0.05) is 17.0 Å². The second kappa shape index (κ2) is 3.05. The summed E-state index contributed by atoms with van der Waals surface area (Å²) in [7, 11) is 0. The molecule has 1 heterocycles. The number of rotatable bonds is 0. The van der Waals surface area contributed by atoms with Gasteiger partial charge in [-0.25, -0.2) is 0 Å². The van der Waals surface area contributed by atoms with Gasteiger partial charge in [-0.3, -0.25) is 4.98 Å². The van der Waals surface area contributed by atoms with Crippen LogP contribution in [0.3, 0.4) is 0 Å². The minimum Gasteiger partial charge on any atom is -0.506 e. The summed E-state index contributed by atoms with van der Waals surface area (Å²) >= 11 is 11.6. The van der Waals surface area contributed by atoms with Gasteiger partial charge in [0.2, 0.25) is 0 Å². The smallest absolute Gasteiger partial charge is 0.141 e. The third kappa shape index (κ3) is 1.43. The number of halogens is 2. The molecule has 1 aromatic heterocycles. The largest absolute Gasteiger partial charge is 0.506 e. The lowest BCUT2D eigenvalue weighted by atomic mass is 10.2. The van der Waals surface area contributed by atoms with Crippen molar-refractivity contribution in [3.8, 4) is 5.75 Å². The molecule has 0 bridgehead atoms. The van der Waals surface area contributed by atoms with E-state index in [9.17, 15) is 5.11 Å². The van der Waals surface area contributed by atoms with Crippen LogP contribution in [0.2, 0.25) is 10.0 Å². The second-order valence-electron chi connectivity index (χ2n) is 2.65. The normalized spacial score (nSPS) is 10.6. The SMILES string of the molecule is Oc1cncc2cc(Cl)c(Cl)cc12. The van der Waals surface area contributed by atoms with Crippen LogP contribution in [-0.4, -0.2) is 10.1 Å². The average Bonchev–Trinajstić information content (AvgIpc) is 2.09. The van der Waals surface area contributed by atoms with E-state index in [0.29, 0.717) is 15.4 Å². The number of aromatic hydroxyl groups is 1. The predicted molar refractivity (Wildman–Crippen MR) is 53.4 cm³/mol. The van der Waals surface area contributed by atoms with Crippen LogP contribution in [0.5, 0.6) is 5.75 Å². The molecule has 4 heteroatoms. The molecule has 0 atom stereocenters. The summed E-state index contributed by atoms with van der Waals surface area (Å²) in [4.78, 5) is 3.83. The number of fused-ring (bicyclic) bond motifs is 1. The molecule has 2 rings (SSSR count). The van der Waals surface area contributed by atoms with Crippen molar-refractivity contribution in [2.24, 2.45) is 0 Å². The highest BCUT2D eigenvalue weighted by Gasteiger charge is 2.04. The number of hydrogen-bond acceptors (Lipinski definition) is 2. The monoisotopic (exact) mass is 213 g/mol. The van der Waals surface area contributed by atoms with E-state index in [1.54, 1.807) is 18.3 Å². The minimum atomic E-state index is 0.107. The van der Waals surface area contributed by atoms with Gasteiger partial charge in [-0.15, -0.1) is 0 Å². The Labute approximate surface area is 84.7 Å². The van der Waals surface area contributed by atoms with Gasteiger partial charge in [-0.05, 0) is 12.1 Å². The molecule has 0 unspecified atom stereocenters. The Hall–Kier alpha value is -0.990. The fourth-order valence-corrected chi connectivity index (χ4v) is 1.48. The Morgan fingerprint density at radius 1 is 1.08 bits per heavy atom.